The molecule has 0 amide bonds. The maximum Gasteiger partial charge on any atom is 3.00 e. The summed E-state index contributed by atoms with van der Waals surface area (Å²) in [4.78, 5) is 19.1. The van der Waals surface area contributed by atoms with E-state index in [1.807, 2.05) is 121 Å². The summed E-state index contributed by atoms with van der Waals surface area (Å²) in [6.45, 7) is 0. The summed E-state index contributed by atoms with van der Waals surface area (Å²) in [5.74, 6) is 3.19. The van der Waals surface area contributed by atoms with Crippen LogP contribution in [-0.2, 0) is 39.0 Å². The van der Waals surface area contributed by atoms with Gasteiger partial charge in [0.1, 0.15) is 0 Å². The second kappa shape index (κ2) is 38.4. The molecular formula is C36H44N14Ru2. The zero-order valence-corrected chi connectivity index (χ0v) is 34.0. The van der Waals surface area contributed by atoms with Crippen molar-refractivity contribution in [1.82, 2.24) is 0 Å². The first kappa shape index (κ1) is 53.4. The third kappa shape index (κ3) is 24.7. The number of nitrogens with zero attached hydrogens (tertiary/aromatic N) is 14. The number of hydrogen-bond donors (Lipinski definition) is 0. The quantitative estimate of drug-likeness (QED) is 0.0466. The Morgan fingerprint density at radius 3 is 0.596 bits per heavy atom. The Balaban J connectivity index is -0.000000277. The Morgan fingerprint density at radius 2 is 0.500 bits per heavy atom. The van der Waals surface area contributed by atoms with Crippen LogP contribution in [0.15, 0.2) is 141 Å². The molecule has 0 bridgehead atoms. The van der Waals surface area contributed by atoms with Crippen molar-refractivity contribution >= 4 is 23.3 Å². The summed E-state index contributed by atoms with van der Waals surface area (Å²) < 4.78 is 0. The third-order valence-electron chi connectivity index (χ3n) is 5.82. The maximum atomic E-state index is 6.75. The molecule has 52 heavy (non-hydrogen) atoms. The zero-order chi connectivity index (χ0) is 37.8. The summed E-state index contributed by atoms with van der Waals surface area (Å²) in [5, 5.41) is 16.1. The number of rotatable bonds is 4. The van der Waals surface area contributed by atoms with Crippen LogP contribution in [0.4, 0.5) is 0 Å². The second-order valence-electron chi connectivity index (χ2n) is 8.73. The average molecular weight is 875 g/mol. The van der Waals surface area contributed by atoms with E-state index in [1.165, 1.54) is 9.82 Å². The second-order valence-corrected chi connectivity index (χ2v) is 8.73. The van der Waals surface area contributed by atoms with Gasteiger partial charge < -0.3 is 63.4 Å². The molecule has 0 fully saturated rings. The number of hydrogen-bond acceptors (Lipinski definition) is 4. The van der Waals surface area contributed by atoms with Crippen LogP contribution in [-0.4, -0.2) is 79.7 Å². The Labute approximate surface area is 333 Å². The van der Waals surface area contributed by atoms with Gasteiger partial charge in [0, 0.05) is 0 Å². The van der Waals surface area contributed by atoms with Crippen LogP contribution in [0.3, 0.4) is 0 Å². The molecule has 0 saturated heterocycles. The van der Waals surface area contributed by atoms with E-state index in [-0.39, 0.29) is 39.0 Å². The predicted octanol–water partition coefficient (Wildman–Crippen LogP) is 9.99. The van der Waals surface area contributed by atoms with Gasteiger partial charge in [-0.25, -0.2) is 0 Å². The van der Waals surface area contributed by atoms with E-state index in [2.05, 4.69) is 41.2 Å². The zero-order valence-electron chi connectivity index (χ0n) is 30.5. The van der Waals surface area contributed by atoms with Crippen molar-refractivity contribution in [3.8, 4) is 0 Å². The van der Waals surface area contributed by atoms with Crippen LogP contribution in [0.5, 0.6) is 0 Å². The summed E-state index contributed by atoms with van der Waals surface area (Å²) in [5.41, 5.74) is 31.3. The van der Waals surface area contributed by atoms with Crippen LogP contribution >= 0.6 is 0 Å². The normalized spacial score (nSPS) is 9.85. The molecule has 0 aliphatic carbocycles. The van der Waals surface area contributed by atoms with E-state index >= 15 is 0 Å². The molecule has 4 aromatic rings. The molecular weight excluding hydrogens is 831 g/mol. The minimum atomic E-state index is 0. The van der Waals surface area contributed by atoms with Gasteiger partial charge in [-0.2, -0.15) is 0 Å². The SMILES string of the molecule is CN=C([N-]C)c1ccccc1.CN=C([N-]C)c1ccccc1.CN=C([N-]C)c1ccccc1.CN=C([N-]C)c1ccccc1.[N-]=[N+]=[N-].[N-]=[N+]=[N-].[Ru+3].[Ru+3]. The minimum absolute atomic E-state index is 0. The summed E-state index contributed by atoms with van der Waals surface area (Å²) in [6, 6.07) is 39.7. The molecule has 16 heteroatoms. The van der Waals surface area contributed by atoms with E-state index in [1.54, 1.807) is 56.4 Å². The van der Waals surface area contributed by atoms with Crippen molar-refractivity contribution in [1.29, 1.82) is 0 Å². The van der Waals surface area contributed by atoms with E-state index in [9.17, 15) is 0 Å². The molecule has 0 aromatic heterocycles. The Morgan fingerprint density at radius 1 is 0.365 bits per heavy atom. The maximum absolute atomic E-state index is 6.75. The van der Waals surface area contributed by atoms with E-state index in [0.717, 1.165) is 45.6 Å². The number of benzene rings is 4. The molecule has 0 unspecified atom stereocenters. The standard InChI is InChI=1S/4C9H11N2.2N3.2Ru/c4*1-10-9(11-2)8-6-4-3-5-7-8;2*1-3-2;;/h4*3-7H,1-2H3;;;;/q6*-1;2*+3. The van der Waals surface area contributed by atoms with Gasteiger partial charge in [-0.3, -0.25) is 9.82 Å². The Kier molecular flexibility index (Phi) is 39.5. The summed E-state index contributed by atoms with van der Waals surface area (Å²) >= 11 is 0. The van der Waals surface area contributed by atoms with Crippen molar-refractivity contribution in [3.05, 3.63) is 197 Å². The average Bonchev–Trinajstić information content (AvgIpc) is 3.17. The van der Waals surface area contributed by atoms with Gasteiger partial charge >= 0.3 is 39.0 Å². The number of aliphatic imine (C=N–C) groups is 4. The first-order valence-corrected chi connectivity index (χ1v) is 14.8. The fourth-order valence-corrected chi connectivity index (χ4v) is 3.78. The van der Waals surface area contributed by atoms with E-state index in [0.29, 0.717) is 0 Å². The fourth-order valence-electron chi connectivity index (χ4n) is 3.78. The van der Waals surface area contributed by atoms with Crippen molar-refractivity contribution in [2.45, 2.75) is 0 Å². The molecule has 0 atom stereocenters. The molecule has 0 N–H and O–H groups in total. The molecule has 0 spiro atoms. The van der Waals surface area contributed by atoms with Crippen molar-refractivity contribution in [2.24, 2.45) is 20.0 Å². The molecule has 4 rings (SSSR count). The molecule has 2 radical (unpaired) electrons. The molecule has 4 aromatic carbocycles. The van der Waals surface area contributed by atoms with Crippen LogP contribution in [0.25, 0.3) is 53.2 Å². The van der Waals surface area contributed by atoms with Gasteiger partial charge in [0.25, 0.3) is 0 Å². The predicted molar refractivity (Wildman–Crippen MR) is 213 cm³/mol. The van der Waals surface area contributed by atoms with Crippen LogP contribution in [0.2, 0.25) is 0 Å². The molecule has 0 aliphatic rings. The van der Waals surface area contributed by atoms with Crippen LogP contribution in [0.1, 0.15) is 22.3 Å². The van der Waals surface area contributed by atoms with Crippen molar-refractivity contribution < 1.29 is 39.0 Å². The Bertz CT molecular complexity index is 1370. The van der Waals surface area contributed by atoms with Gasteiger partial charge in [0.05, 0.1) is 0 Å². The van der Waals surface area contributed by atoms with Gasteiger partial charge in [-0.05, 0) is 22.3 Å². The van der Waals surface area contributed by atoms with E-state index < -0.39 is 0 Å². The molecule has 0 aliphatic heterocycles. The largest absolute Gasteiger partial charge is 3.00 e. The molecule has 0 heterocycles. The number of amidine groups is 4. The van der Waals surface area contributed by atoms with Crippen LogP contribution < -0.4 is 0 Å². The Hall–Kier alpha value is -5.37. The van der Waals surface area contributed by atoms with Gasteiger partial charge in [-0.1, -0.05) is 201 Å². The van der Waals surface area contributed by atoms with Gasteiger partial charge in [0.2, 0.25) is 0 Å². The van der Waals surface area contributed by atoms with Crippen molar-refractivity contribution in [2.75, 3.05) is 56.4 Å². The van der Waals surface area contributed by atoms with Gasteiger partial charge in [-0.15, -0.1) is 0 Å². The van der Waals surface area contributed by atoms with Crippen molar-refractivity contribution in [3.63, 3.8) is 0 Å². The molecule has 274 valence electrons. The van der Waals surface area contributed by atoms with Gasteiger partial charge in [0.15, 0.2) is 0 Å². The van der Waals surface area contributed by atoms with Crippen LogP contribution in [0, 0.1) is 0 Å². The topological polar surface area (TPSA) is 223 Å². The summed E-state index contributed by atoms with van der Waals surface area (Å²) in [7, 11) is 14.0. The molecule has 0 saturated carbocycles. The fraction of sp³-hybridized carbons (Fsp3) is 0.222. The first-order chi connectivity index (χ1) is 24.4. The smallest absolute Gasteiger partial charge is 0.469 e. The van der Waals surface area contributed by atoms with E-state index in [4.69, 9.17) is 22.1 Å². The molecule has 14 nitrogen and oxygen atoms in total. The first-order valence-electron chi connectivity index (χ1n) is 14.8. The summed E-state index contributed by atoms with van der Waals surface area (Å²) in [6.07, 6.45) is 0. The third-order valence-corrected chi connectivity index (χ3v) is 5.82. The minimum Gasteiger partial charge on any atom is -0.469 e. The monoisotopic (exact) mass is 876 g/mol.